The molecule has 1 fully saturated rings. The summed E-state index contributed by atoms with van der Waals surface area (Å²) in [7, 11) is 0. The summed E-state index contributed by atoms with van der Waals surface area (Å²) in [6.07, 6.45) is 1.01. The summed E-state index contributed by atoms with van der Waals surface area (Å²) in [5.74, 6) is 7.27. The van der Waals surface area contributed by atoms with Crippen LogP contribution >= 0.6 is 0 Å². The highest BCUT2D eigenvalue weighted by Crippen LogP contribution is 2.23. The molecule has 0 amide bonds. The number of nitrogens with zero attached hydrogens (tertiary/aromatic N) is 2. The number of ether oxygens (including phenoxy) is 1. The van der Waals surface area contributed by atoms with Gasteiger partial charge < -0.3 is 9.64 Å². The van der Waals surface area contributed by atoms with Crippen molar-refractivity contribution in [3.8, 4) is 17.6 Å². The summed E-state index contributed by atoms with van der Waals surface area (Å²) < 4.78 is 19.2. The third-order valence-electron chi connectivity index (χ3n) is 6.41. The van der Waals surface area contributed by atoms with Gasteiger partial charge in [0.1, 0.15) is 18.2 Å². The van der Waals surface area contributed by atoms with E-state index in [0.717, 1.165) is 56.1 Å². The summed E-state index contributed by atoms with van der Waals surface area (Å²) in [6.45, 7) is 9.47. The van der Waals surface area contributed by atoms with Crippen LogP contribution in [-0.4, -0.2) is 31.1 Å². The number of hydrogen-bond acceptors (Lipinski definition) is 3. The molecule has 3 aromatic rings. The second-order valence-electron chi connectivity index (χ2n) is 8.77. The third kappa shape index (κ3) is 6.40. The minimum Gasteiger partial charge on any atom is -0.489 e. The Balaban J connectivity index is 1.23. The minimum atomic E-state index is -0.183. The average molecular weight is 457 g/mol. The first-order chi connectivity index (χ1) is 16.6. The van der Waals surface area contributed by atoms with Gasteiger partial charge in [-0.1, -0.05) is 49.2 Å². The van der Waals surface area contributed by atoms with E-state index in [1.54, 1.807) is 0 Å². The average Bonchev–Trinajstić information content (AvgIpc) is 2.88. The number of benzene rings is 3. The molecular formula is C30H33FN2O. The predicted molar refractivity (Wildman–Crippen MR) is 138 cm³/mol. The Bertz CT molecular complexity index is 1090. The Labute approximate surface area is 203 Å². The van der Waals surface area contributed by atoms with Crippen molar-refractivity contribution in [2.75, 3.05) is 31.1 Å². The van der Waals surface area contributed by atoms with E-state index in [0.29, 0.717) is 6.61 Å². The minimum absolute atomic E-state index is 0.183. The molecule has 0 aromatic heterocycles. The lowest BCUT2D eigenvalue weighted by atomic mass is 9.97. The molecule has 0 radical (unpaired) electrons. The molecule has 0 N–H and O–H groups in total. The fourth-order valence-corrected chi connectivity index (χ4v) is 4.37. The maximum absolute atomic E-state index is 13.2. The van der Waals surface area contributed by atoms with Crippen LogP contribution in [0.4, 0.5) is 10.1 Å². The molecule has 3 nitrogen and oxygen atoms in total. The largest absolute Gasteiger partial charge is 0.489 e. The van der Waals surface area contributed by atoms with Crippen molar-refractivity contribution in [1.82, 2.24) is 4.90 Å². The Hall–Kier alpha value is -3.29. The second kappa shape index (κ2) is 11.7. The molecule has 1 aliphatic rings. The number of piperazine rings is 1. The standard InChI is InChI=1S/C30H33FN2O/c1-3-5-26(4-2)27-10-16-30(17-11-27)34-23-25-8-6-24(7-9-25)22-32-18-20-33(21-19-32)29-14-12-28(31)13-15-29/h6-17,26H,4,18-23H2,1-2H3/t26-/m1/s1. The Morgan fingerprint density at radius 3 is 2.12 bits per heavy atom. The Morgan fingerprint density at radius 1 is 0.853 bits per heavy atom. The zero-order chi connectivity index (χ0) is 23.8. The smallest absolute Gasteiger partial charge is 0.123 e. The molecule has 0 unspecified atom stereocenters. The maximum atomic E-state index is 13.2. The third-order valence-corrected chi connectivity index (χ3v) is 6.41. The molecule has 4 heteroatoms. The van der Waals surface area contributed by atoms with E-state index in [1.165, 1.54) is 23.3 Å². The van der Waals surface area contributed by atoms with Crippen molar-refractivity contribution in [2.24, 2.45) is 0 Å². The lowest BCUT2D eigenvalue weighted by Crippen LogP contribution is -2.45. The van der Waals surface area contributed by atoms with E-state index < -0.39 is 0 Å². The summed E-state index contributed by atoms with van der Waals surface area (Å²) >= 11 is 0. The van der Waals surface area contributed by atoms with Gasteiger partial charge in [-0.3, -0.25) is 4.90 Å². The zero-order valence-electron chi connectivity index (χ0n) is 20.1. The number of hydrogen-bond donors (Lipinski definition) is 0. The van der Waals surface area contributed by atoms with Crippen molar-refractivity contribution in [2.45, 2.75) is 39.3 Å². The van der Waals surface area contributed by atoms with Crippen molar-refractivity contribution >= 4 is 5.69 Å². The number of anilines is 1. The molecule has 4 rings (SSSR count). The van der Waals surface area contributed by atoms with Crippen LogP contribution in [0, 0.1) is 17.7 Å². The highest BCUT2D eigenvalue weighted by Gasteiger charge is 2.17. The normalized spacial score (nSPS) is 14.9. The molecular weight excluding hydrogens is 423 g/mol. The molecule has 3 aromatic carbocycles. The van der Waals surface area contributed by atoms with Gasteiger partial charge in [0.05, 0.1) is 0 Å². The van der Waals surface area contributed by atoms with E-state index in [4.69, 9.17) is 4.74 Å². The molecule has 34 heavy (non-hydrogen) atoms. The van der Waals surface area contributed by atoms with Crippen molar-refractivity contribution < 1.29 is 9.13 Å². The summed E-state index contributed by atoms with van der Waals surface area (Å²) in [4.78, 5) is 4.79. The monoisotopic (exact) mass is 456 g/mol. The Kier molecular flexibility index (Phi) is 8.22. The molecule has 1 aliphatic heterocycles. The molecule has 1 saturated heterocycles. The summed E-state index contributed by atoms with van der Waals surface area (Å²) in [6, 6.07) is 23.8. The highest BCUT2D eigenvalue weighted by atomic mass is 19.1. The van der Waals surface area contributed by atoms with Gasteiger partial charge in [-0.25, -0.2) is 4.39 Å². The topological polar surface area (TPSA) is 15.7 Å². The molecule has 1 heterocycles. The highest BCUT2D eigenvalue weighted by molar-refractivity contribution is 5.46. The van der Waals surface area contributed by atoms with Gasteiger partial charge in [-0.15, -0.1) is 5.92 Å². The molecule has 176 valence electrons. The van der Waals surface area contributed by atoms with Crippen LogP contribution in [0.15, 0.2) is 72.8 Å². The number of rotatable bonds is 8. The molecule has 1 atom stereocenters. The molecule has 0 spiro atoms. The van der Waals surface area contributed by atoms with E-state index in [2.05, 4.69) is 65.0 Å². The van der Waals surface area contributed by atoms with Gasteiger partial charge in [-0.2, -0.15) is 0 Å². The fraction of sp³-hybridized carbons (Fsp3) is 0.333. The quantitative estimate of drug-likeness (QED) is 0.373. The lowest BCUT2D eigenvalue weighted by Gasteiger charge is -2.36. The SMILES string of the molecule is CC#C[C@@H](CC)c1ccc(OCc2ccc(CN3CCN(c4ccc(F)cc4)CC3)cc2)cc1. The van der Waals surface area contributed by atoms with Gasteiger partial charge in [0.2, 0.25) is 0 Å². The fourth-order valence-electron chi connectivity index (χ4n) is 4.37. The molecule has 0 bridgehead atoms. The van der Waals surface area contributed by atoms with E-state index in [9.17, 15) is 4.39 Å². The van der Waals surface area contributed by atoms with Gasteiger partial charge >= 0.3 is 0 Å². The predicted octanol–water partition coefficient (Wildman–Crippen LogP) is 6.24. The number of halogens is 1. The van der Waals surface area contributed by atoms with Crippen LogP contribution in [0.1, 0.15) is 42.9 Å². The van der Waals surface area contributed by atoms with Crippen molar-refractivity contribution in [3.63, 3.8) is 0 Å². The summed E-state index contributed by atoms with van der Waals surface area (Å²) in [5.41, 5.74) is 4.81. The van der Waals surface area contributed by atoms with Gasteiger partial charge in [0.15, 0.2) is 0 Å². The van der Waals surface area contributed by atoms with Crippen LogP contribution in [-0.2, 0) is 13.2 Å². The first-order valence-electron chi connectivity index (χ1n) is 12.1. The first kappa shape index (κ1) is 23.9. The second-order valence-corrected chi connectivity index (χ2v) is 8.77. The maximum Gasteiger partial charge on any atom is 0.123 e. The van der Waals surface area contributed by atoms with Crippen LogP contribution < -0.4 is 9.64 Å². The molecule has 0 saturated carbocycles. The van der Waals surface area contributed by atoms with Crippen LogP contribution in [0.3, 0.4) is 0 Å². The van der Waals surface area contributed by atoms with Crippen LogP contribution in [0.5, 0.6) is 5.75 Å². The van der Waals surface area contributed by atoms with E-state index in [-0.39, 0.29) is 11.7 Å². The lowest BCUT2D eigenvalue weighted by molar-refractivity contribution is 0.250. The van der Waals surface area contributed by atoms with Gasteiger partial charge in [0, 0.05) is 44.3 Å². The van der Waals surface area contributed by atoms with Crippen LogP contribution in [0.2, 0.25) is 0 Å². The van der Waals surface area contributed by atoms with E-state index in [1.807, 2.05) is 31.2 Å². The van der Waals surface area contributed by atoms with Crippen molar-refractivity contribution in [1.29, 1.82) is 0 Å². The summed E-state index contributed by atoms with van der Waals surface area (Å²) in [5, 5.41) is 0. The van der Waals surface area contributed by atoms with Crippen molar-refractivity contribution in [3.05, 3.63) is 95.3 Å². The Morgan fingerprint density at radius 2 is 1.50 bits per heavy atom. The van der Waals surface area contributed by atoms with Gasteiger partial charge in [0.25, 0.3) is 0 Å². The zero-order valence-corrected chi connectivity index (χ0v) is 20.1. The first-order valence-corrected chi connectivity index (χ1v) is 12.1. The van der Waals surface area contributed by atoms with E-state index >= 15 is 0 Å². The van der Waals surface area contributed by atoms with Crippen LogP contribution in [0.25, 0.3) is 0 Å². The molecule has 0 aliphatic carbocycles. The van der Waals surface area contributed by atoms with Gasteiger partial charge in [-0.05, 0) is 66.4 Å².